The molecule has 2 amide bonds. The maximum absolute atomic E-state index is 12.5. The number of carbonyl (C=O) groups is 2. The minimum Gasteiger partial charge on any atom is -0.496 e. The Morgan fingerprint density at radius 2 is 2.33 bits per heavy atom. The molecule has 1 aromatic carbocycles. The van der Waals surface area contributed by atoms with Gasteiger partial charge in [-0.25, -0.2) is 0 Å². The van der Waals surface area contributed by atoms with Gasteiger partial charge in [0, 0.05) is 18.7 Å². The fraction of sp³-hybridized carbons (Fsp3) is 0.375. The van der Waals surface area contributed by atoms with Crippen LogP contribution in [-0.2, 0) is 11.2 Å². The van der Waals surface area contributed by atoms with Gasteiger partial charge in [-0.15, -0.1) is 6.58 Å². The largest absolute Gasteiger partial charge is 0.496 e. The van der Waals surface area contributed by atoms with Crippen LogP contribution in [0.3, 0.4) is 0 Å². The number of hydrogen-bond donors (Lipinski definition) is 1. The SMILES string of the molecule is C=CCc1cc(C(=O)N2CCCNC(=O)C2)ccc1OC. The number of nitrogens with one attached hydrogen (secondary N) is 1. The van der Waals surface area contributed by atoms with E-state index in [9.17, 15) is 9.59 Å². The number of carbonyl (C=O) groups excluding carboxylic acids is 2. The van der Waals surface area contributed by atoms with Gasteiger partial charge in [0.1, 0.15) is 5.75 Å². The maximum Gasteiger partial charge on any atom is 0.254 e. The van der Waals surface area contributed by atoms with Crippen molar-refractivity contribution in [3.05, 3.63) is 42.0 Å². The van der Waals surface area contributed by atoms with Crippen LogP contribution in [-0.4, -0.2) is 43.5 Å². The van der Waals surface area contributed by atoms with E-state index in [4.69, 9.17) is 4.74 Å². The zero-order valence-corrected chi connectivity index (χ0v) is 12.2. The first-order valence-corrected chi connectivity index (χ1v) is 6.99. The van der Waals surface area contributed by atoms with Gasteiger partial charge in [-0.05, 0) is 36.6 Å². The molecule has 0 saturated carbocycles. The number of ether oxygens (including phenoxy) is 1. The highest BCUT2D eigenvalue weighted by Crippen LogP contribution is 2.21. The lowest BCUT2D eigenvalue weighted by Gasteiger charge is -2.19. The summed E-state index contributed by atoms with van der Waals surface area (Å²) in [4.78, 5) is 25.7. The number of methoxy groups -OCH3 is 1. The Labute approximate surface area is 124 Å². The summed E-state index contributed by atoms with van der Waals surface area (Å²) in [7, 11) is 1.60. The molecule has 0 aromatic heterocycles. The quantitative estimate of drug-likeness (QED) is 0.852. The highest BCUT2D eigenvalue weighted by atomic mass is 16.5. The van der Waals surface area contributed by atoms with E-state index in [-0.39, 0.29) is 18.4 Å². The van der Waals surface area contributed by atoms with Crippen LogP contribution in [0.25, 0.3) is 0 Å². The Kier molecular flexibility index (Phi) is 4.98. The Bertz CT molecular complexity index is 554. The molecule has 112 valence electrons. The van der Waals surface area contributed by atoms with Crippen LogP contribution in [0.15, 0.2) is 30.9 Å². The van der Waals surface area contributed by atoms with Crippen molar-refractivity contribution in [2.75, 3.05) is 26.7 Å². The monoisotopic (exact) mass is 288 g/mol. The van der Waals surface area contributed by atoms with Gasteiger partial charge >= 0.3 is 0 Å². The maximum atomic E-state index is 12.5. The molecule has 5 nitrogen and oxygen atoms in total. The first kappa shape index (κ1) is 15.1. The predicted octanol–water partition coefficient (Wildman–Crippen LogP) is 1.39. The summed E-state index contributed by atoms with van der Waals surface area (Å²) in [5.41, 5.74) is 1.49. The molecule has 1 saturated heterocycles. The molecular weight excluding hydrogens is 268 g/mol. The second-order valence-electron chi connectivity index (χ2n) is 4.95. The van der Waals surface area contributed by atoms with Gasteiger partial charge in [0.15, 0.2) is 0 Å². The third-order valence-corrected chi connectivity index (χ3v) is 3.44. The summed E-state index contributed by atoms with van der Waals surface area (Å²) in [6.45, 7) is 5.03. The lowest BCUT2D eigenvalue weighted by atomic mass is 10.1. The highest BCUT2D eigenvalue weighted by Gasteiger charge is 2.21. The van der Waals surface area contributed by atoms with E-state index in [0.717, 1.165) is 17.7 Å². The number of rotatable bonds is 4. The van der Waals surface area contributed by atoms with Crippen molar-refractivity contribution in [3.8, 4) is 5.75 Å². The molecule has 0 atom stereocenters. The summed E-state index contributed by atoms with van der Waals surface area (Å²) in [6, 6.07) is 5.33. The molecule has 1 aliphatic heterocycles. The van der Waals surface area contributed by atoms with Gasteiger partial charge < -0.3 is 15.0 Å². The van der Waals surface area contributed by atoms with Crippen molar-refractivity contribution in [2.45, 2.75) is 12.8 Å². The first-order chi connectivity index (χ1) is 10.2. The van der Waals surface area contributed by atoms with E-state index in [2.05, 4.69) is 11.9 Å². The van der Waals surface area contributed by atoms with Crippen LogP contribution in [0.5, 0.6) is 5.75 Å². The Balaban J connectivity index is 2.23. The summed E-state index contributed by atoms with van der Waals surface area (Å²) >= 11 is 0. The minimum absolute atomic E-state index is 0.110. The Morgan fingerprint density at radius 1 is 1.52 bits per heavy atom. The van der Waals surface area contributed by atoms with Crippen LogP contribution >= 0.6 is 0 Å². The van der Waals surface area contributed by atoms with E-state index in [1.54, 1.807) is 30.2 Å². The molecule has 1 fully saturated rings. The molecule has 1 aromatic rings. The number of nitrogens with zero attached hydrogens (tertiary/aromatic N) is 1. The molecule has 21 heavy (non-hydrogen) atoms. The fourth-order valence-electron chi connectivity index (χ4n) is 2.39. The molecule has 5 heteroatoms. The van der Waals surface area contributed by atoms with Crippen molar-refractivity contribution in [1.82, 2.24) is 10.2 Å². The van der Waals surface area contributed by atoms with Crippen LogP contribution in [0, 0.1) is 0 Å². The fourth-order valence-corrected chi connectivity index (χ4v) is 2.39. The van der Waals surface area contributed by atoms with Gasteiger partial charge in [0.05, 0.1) is 13.7 Å². The third-order valence-electron chi connectivity index (χ3n) is 3.44. The van der Waals surface area contributed by atoms with Crippen molar-refractivity contribution < 1.29 is 14.3 Å². The van der Waals surface area contributed by atoms with E-state index in [1.807, 2.05) is 6.07 Å². The molecule has 0 bridgehead atoms. The van der Waals surface area contributed by atoms with Crippen LogP contribution in [0.4, 0.5) is 0 Å². The second-order valence-corrected chi connectivity index (χ2v) is 4.95. The lowest BCUT2D eigenvalue weighted by Crippen LogP contribution is -2.37. The molecule has 1 aliphatic rings. The van der Waals surface area contributed by atoms with Gasteiger partial charge in [-0.2, -0.15) is 0 Å². The van der Waals surface area contributed by atoms with Crippen molar-refractivity contribution in [3.63, 3.8) is 0 Å². The predicted molar refractivity (Wildman–Crippen MR) is 80.4 cm³/mol. The Hall–Kier alpha value is -2.30. The first-order valence-electron chi connectivity index (χ1n) is 6.99. The molecule has 0 aliphatic carbocycles. The van der Waals surface area contributed by atoms with E-state index < -0.39 is 0 Å². The number of benzene rings is 1. The van der Waals surface area contributed by atoms with Gasteiger partial charge in [0.2, 0.25) is 5.91 Å². The van der Waals surface area contributed by atoms with Crippen molar-refractivity contribution >= 4 is 11.8 Å². The smallest absolute Gasteiger partial charge is 0.254 e. The molecule has 1 N–H and O–H groups in total. The highest BCUT2D eigenvalue weighted by molar-refractivity contribution is 5.97. The molecule has 2 rings (SSSR count). The van der Waals surface area contributed by atoms with Crippen LogP contribution in [0.2, 0.25) is 0 Å². The molecule has 0 radical (unpaired) electrons. The molecule has 0 spiro atoms. The summed E-state index contributed by atoms with van der Waals surface area (Å²) in [6.07, 6.45) is 3.17. The van der Waals surface area contributed by atoms with Crippen LogP contribution < -0.4 is 10.1 Å². The van der Waals surface area contributed by atoms with Gasteiger partial charge in [0.25, 0.3) is 5.91 Å². The topological polar surface area (TPSA) is 58.6 Å². The molecular formula is C16H20N2O3. The average molecular weight is 288 g/mol. The summed E-state index contributed by atoms with van der Waals surface area (Å²) in [5, 5.41) is 2.76. The number of allylic oxidation sites excluding steroid dienone is 1. The standard InChI is InChI=1S/C16H20N2O3/c1-3-5-12-10-13(6-7-14(12)21-2)16(20)18-9-4-8-17-15(19)11-18/h3,6-7,10H,1,4-5,8-9,11H2,2H3,(H,17,19). The van der Waals surface area contributed by atoms with Crippen molar-refractivity contribution in [2.24, 2.45) is 0 Å². The number of hydrogen-bond acceptors (Lipinski definition) is 3. The molecule has 0 unspecified atom stereocenters. The second kappa shape index (κ2) is 6.92. The molecule has 1 heterocycles. The van der Waals surface area contributed by atoms with E-state index >= 15 is 0 Å². The van der Waals surface area contributed by atoms with E-state index in [0.29, 0.717) is 25.1 Å². The normalized spacial score (nSPS) is 15.1. The zero-order chi connectivity index (χ0) is 15.2. The average Bonchev–Trinajstić information content (AvgIpc) is 2.71. The lowest BCUT2D eigenvalue weighted by molar-refractivity contribution is -0.121. The van der Waals surface area contributed by atoms with E-state index in [1.165, 1.54) is 0 Å². The third kappa shape index (κ3) is 3.62. The Morgan fingerprint density at radius 3 is 3.05 bits per heavy atom. The minimum atomic E-state index is -0.125. The number of amides is 2. The van der Waals surface area contributed by atoms with Crippen molar-refractivity contribution in [1.29, 1.82) is 0 Å². The van der Waals surface area contributed by atoms with Gasteiger partial charge in [-0.3, -0.25) is 9.59 Å². The zero-order valence-electron chi connectivity index (χ0n) is 12.2. The summed E-state index contributed by atoms with van der Waals surface area (Å²) in [5.74, 6) is 0.501. The van der Waals surface area contributed by atoms with Crippen LogP contribution in [0.1, 0.15) is 22.3 Å². The summed E-state index contributed by atoms with van der Waals surface area (Å²) < 4.78 is 5.28. The van der Waals surface area contributed by atoms with Gasteiger partial charge in [-0.1, -0.05) is 6.08 Å².